The maximum Gasteiger partial charge on any atom is 0.307 e. The lowest BCUT2D eigenvalue weighted by Gasteiger charge is -2.05. The van der Waals surface area contributed by atoms with Crippen molar-refractivity contribution in [3.8, 4) is 5.75 Å². The zero-order chi connectivity index (χ0) is 26.0. The smallest absolute Gasteiger partial charge is 0.307 e. The lowest BCUT2D eigenvalue weighted by Crippen LogP contribution is -2.01. The van der Waals surface area contributed by atoms with Crippen molar-refractivity contribution in [2.75, 3.05) is 6.61 Å². The van der Waals surface area contributed by atoms with E-state index in [1.165, 1.54) is 0 Å². The Kier molecular flexibility index (Phi) is 8.55. The van der Waals surface area contributed by atoms with Crippen LogP contribution in [0.3, 0.4) is 0 Å². The normalized spacial score (nSPS) is 11.5. The molecule has 0 saturated carbocycles. The van der Waals surface area contributed by atoms with Gasteiger partial charge in [0.05, 0.1) is 6.42 Å². The quantitative estimate of drug-likeness (QED) is 0.222. The summed E-state index contributed by atoms with van der Waals surface area (Å²) in [6.45, 7) is 0.986. The van der Waals surface area contributed by atoms with Crippen molar-refractivity contribution in [3.05, 3.63) is 107 Å². The second kappa shape index (κ2) is 12.4. The number of benzene rings is 3. The van der Waals surface area contributed by atoms with Crippen molar-refractivity contribution in [2.45, 2.75) is 25.8 Å². The minimum atomic E-state index is -0.905. The number of aromatic nitrogens is 1. The molecule has 6 nitrogen and oxygen atoms in total. The van der Waals surface area contributed by atoms with Gasteiger partial charge in [-0.3, -0.25) is 9.59 Å². The highest BCUT2D eigenvalue weighted by atomic mass is 16.5. The van der Waals surface area contributed by atoms with Crippen LogP contribution in [0.25, 0.3) is 29.1 Å². The fraction of sp³-hybridized carbons (Fsp3) is 0.161. The van der Waals surface area contributed by atoms with Crippen LogP contribution in [-0.4, -0.2) is 33.3 Å². The fourth-order valence-corrected chi connectivity index (χ4v) is 4.24. The number of fused-ring (bicyclic) bond motifs is 1. The van der Waals surface area contributed by atoms with Gasteiger partial charge in [-0.05, 0) is 52.9 Å². The highest BCUT2D eigenvalue weighted by Crippen LogP contribution is 2.28. The Bertz CT molecular complexity index is 1420. The summed E-state index contributed by atoms with van der Waals surface area (Å²) in [5.74, 6) is -0.970. The first-order chi connectivity index (χ1) is 18.0. The molecule has 0 amide bonds. The maximum atomic E-state index is 11.5. The zero-order valence-electron chi connectivity index (χ0n) is 20.4. The van der Waals surface area contributed by atoms with Gasteiger partial charge in [-0.25, -0.2) is 0 Å². The minimum absolute atomic E-state index is 0.0660. The molecule has 0 bridgehead atoms. The summed E-state index contributed by atoms with van der Waals surface area (Å²) in [7, 11) is 0. The van der Waals surface area contributed by atoms with E-state index in [0.29, 0.717) is 25.1 Å². The van der Waals surface area contributed by atoms with Gasteiger partial charge in [-0.15, -0.1) is 0 Å². The minimum Gasteiger partial charge on any atom is -0.490 e. The second-order valence-corrected chi connectivity index (χ2v) is 8.68. The Morgan fingerprint density at radius 1 is 0.811 bits per heavy atom. The van der Waals surface area contributed by atoms with Gasteiger partial charge in [0, 0.05) is 30.1 Å². The summed E-state index contributed by atoms with van der Waals surface area (Å²) in [6.07, 6.45) is 10.2. The van der Waals surface area contributed by atoms with Crippen LogP contribution in [0.1, 0.15) is 35.1 Å². The molecule has 2 N–H and O–H groups in total. The third-order valence-electron chi connectivity index (χ3n) is 5.94. The molecule has 1 aromatic heterocycles. The summed E-state index contributed by atoms with van der Waals surface area (Å²) in [5.41, 5.74) is 4.65. The molecular formula is C31H29NO5. The lowest BCUT2D eigenvalue weighted by atomic mass is 10.0. The molecule has 4 rings (SSSR count). The number of carbonyl (C=O) groups is 2. The molecule has 1 heterocycles. The van der Waals surface area contributed by atoms with E-state index in [4.69, 9.17) is 9.84 Å². The van der Waals surface area contributed by atoms with Crippen molar-refractivity contribution in [1.29, 1.82) is 0 Å². The average molecular weight is 496 g/mol. The molecule has 0 fully saturated rings. The van der Waals surface area contributed by atoms with Crippen molar-refractivity contribution in [3.63, 3.8) is 0 Å². The van der Waals surface area contributed by atoms with Crippen LogP contribution in [0.5, 0.6) is 5.75 Å². The SMILES string of the molecule is O=C(O)CCCn1cc(CC(=O)O)c2c(C=Cc3ccc(OC/C=C/c4ccccc4)cc3)cccc21. The molecule has 0 radical (unpaired) electrons. The summed E-state index contributed by atoms with van der Waals surface area (Å²) < 4.78 is 7.75. The number of nitrogens with zero attached hydrogens (tertiary/aromatic N) is 1. The molecule has 6 heteroatoms. The van der Waals surface area contributed by atoms with Crippen molar-refractivity contribution in [1.82, 2.24) is 4.57 Å². The second-order valence-electron chi connectivity index (χ2n) is 8.68. The van der Waals surface area contributed by atoms with E-state index in [2.05, 4.69) is 0 Å². The number of aliphatic carboxylic acids is 2. The van der Waals surface area contributed by atoms with E-state index in [-0.39, 0.29) is 12.8 Å². The van der Waals surface area contributed by atoms with E-state index in [0.717, 1.165) is 33.3 Å². The van der Waals surface area contributed by atoms with Gasteiger partial charge in [-0.2, -0.15) is 0 Å². The first-order valence-electron chi connectivity index (χ1n) is 12.2. The van der Waals surface area contributed by atoms with Crippen LogP contribution < -0.4 is 4.74 Å². The highest BCUT2D eigenvalue weighted by molar-refractivity contribution is 5.96. The van der Waals surface area contributed by atoms with Crippen LogP contribution in [0.15, 0.2) is 85.1 Å². The van der Waals surface area contributed by atoms with Crippen LogP contribution in [0.2, 0.25) is 0 Å². The Morgan fingerprint density at radius 2 is 1.57 bits per heavy atom. The highest BCUT2D eigenvalue weighted by Gasteiger charge is 2.14. The topological polar surface area (TPSA) is 88.8 Å². The van der Waals surface area contributed by atoms with Crippen molar-refractivity contribution in [2.24, 2.45) is 0 Å². The van der Waals surface area contributed by atoms with Crippen molar-refractivity contribution < 1.29 is 24.5 Å². The van der Waals surface area contributed by atoms with Gasteiger partial charge in [0.1, 0.15) is 12.4 Å². The molecule has 0 spiro atoms. The van der Waals surface area contributed by atoms with Gasteiger partial charge < -0.3 is 19.5 Å². The first kappa shape index (κ1) is 25.5. The molecule has 0 atom stereocenters. The predicted octanol–water partition coefficient (Wildman–Crippen LogP) is 6.40. The van der Waals surface area contributed by atoms with Gasteiger partial charge in [0.15, 0.2) is 0 Å². The summed E-state index contributed by atoms with van der Waals surface area (Å²) >= 11 is 0. The summed E-state index contributed by atoms with van der Waals surface area (Å²) in [5, 5.41) is 19.3. The Balaban J connectivity index is 1.47. The summed E-state index contributed by atoms with van der Waals surface area (Å²) in [6, 6.07) is 23.7. The van der Waals surface area contributed by atoms with Crippen LogP contribution >= 0.6 is 0 Å². The van der Waals surface area contributed by atoms with E-state index >= 15 is 0 Å². The Hall–Kier alpha value is -4.58. The van der Waals surface area contributed by atoms with E-state index in [1.807, 2.05) is 108 Å². The standard InChI is InChI=1S/C31H29NO5/c33-29(34)12-5-19-32-22-26(21-30(35)36)31-25(10-4-11-28(31)32)16-13-24-14-17-27(18-15-24)37-20-6-9-23-7-2-1-3-8-23/h1-4,6-11,13-18,22H,5,12,19-21H2,(H,33,34)(H,35,36)/b9-6+,16-13?. The van der Waals surface area contributed by atoms with Crippen LogP contribution in [-0.2, 0) is 22.6 Å². The molecule has 0 aliphatic rings. The van der Waals surface area contributed by atoms with Crippen LogP contribution in [0, 0.1) is 0 Å². The maximum absolute atomic E-state index is 11.5. The molecule has 3 aromatic carbocycles. The number of hydrogen-bond donors (Lipinski definition) is 2. The first-order valence-corrected chi connectivity index (χ1v) is 12.2. The molecule has 0 aliphatic heterocycles. The number of ether oxygens (including phenoxy) is 1. The molecule has 4 aromatic rings. The molecule has 0 unspecified atom stereocenters. The zero-order valence-corrected chi connectivity index (χ0v) is 20.4. The van der Waals surface area contributed by atoms with E-state index in [1.54, 1.807) is 0 Å². The monoisotopic (exact) mass is 495 g/mol. The van der Waals surface area contributed by atoms with E-state index < -0.39 is 11.9 Å². The molecule has 37 heavy (non-hydrogen) atoms. The largest absolute Gasteiger partial charge is 0.490 e. The van der Waals surface area contributed by atoms with E-state index in [9.17, 15) is 14.7 Å². The van der Waals surface area contributed by atoms with Crippen molar-refractivity contribution >= 4 is 41.1 Å². The van der Waals surface area contributed by atoms with Gasteiger partial charge in [0.2, 0.25) is 0 Å². The number of carboxylic acids is 2. The number of hydrogen-bond acceptors (Lipinski definition) is 3. The Labute approximate surface area is 215 Å². The molecular weight excluding hydrogens is 466 g/mol. The van der Waals surface area contributed by atoms with Gasteiger partial charge in [0.25, 0.3) is 0 Å². The summed E-state index contributed by atoms with van der Waals surface area (Å²) in [4.78, 5) is 22.4. The molecule has 0 saturated heterocycles. The fourth-order valence-electron chi connectivity index (χ4n) is 4.24. The van der Waals surface area contributed by atoms with Crippen LogP contribution in [0.4, 0.5) is 0 Å². The predicted molar refractivity (Wildman–Crippen MR) is 146 cm³/mol. The molecule has 0 aliphatic carbocycles. The van der Waals surface area contributed by atoms with Gasteiger partial charge in [-0.1, -0.05) is 72.8 Å². The Morgan fingerprint density at radius 3 is 2.30 bits per heavy atom. The third-order valence-corrected chi connectivity index (χ3v) is 5.94. The number of aryl methyl sites for hydroxylation is 1. The average Bonchev–Trinajstić information content (AvgIpc) is 3.23. The number of rotatable bonds is 12. The van der Waals surface area contributed by atoms with Gasteiger partial charge >= 0.3 is 11.9 Å². The number of carboxylic acid groups (broad SMARTS) is 2. The third kappa shape index (κ3) is 7.21. The molecule has 188 valence electrons. The lowest BCUT2D eigenvalue weighted by molar-refractivity contribution is -0.137.